The highest BCUT2D eigenvalue weighted by Gasteiger charge is 2.37. The molecule has 4 rings (SSSR count). The van der Waals surface area contributed by atoms with Crippen LogP contribution in [0, 0.1) is 0 Å². The van der Waals surface area contributed by atoms with Crippen molar-refractivity contribution in [2.75, 3.05) is 4.90 Å². The highest BCUT2D eigenvalue weighted by atomic mass is 35.5. The minimum Gasteiger partial charge on any atom is -0.349 e. The number of fused-ring (bicyclic) bond motifs is 2. The molecule has 0 bridgehead atoms. The molecule has 134 valence electrons. The summed E-state index contributed by atoms with van der Waals surface area (Å²) in [4.78, 5) is 30.8. The SMILES string of the molecule is CC(=O)N[C@H]1CCCc2c1cncc2N1C(=O)c2ccc(Cl)cc2[C@@H]1C. The van der Waals surface area contributed by atoms with Gasteiger partial charge in [-0.15, -0.1) is 0 Å². The van der Waals surface area contributed by atoms with Gasteiger partial charge in [0, 0.05) is 23.7 Å². The molecule has 0 radical (unpaired) electrons. The molecule has 0 fully saturated rings. The quantitative estimate of drug-likeness (QED) is 0.871. The van der Waals surface area contributed by atoms with E-state index in [1.807, 2.05) is 24.1 Å². The number of hydrogen-bond donors (Lipinski definition) is 1. The molecule has 5 nitrogen and oxygen atoms in total. The molecular formula is C20H20ClN3O2. The molecule has 0 saturated heterocycles. The molecular weight excluding hydrogens is 350 g/mol. The Morgan fingerprint density at radius 3 is 2.88 bits per heavy atom. The summed E-state index contributed by atoms with van der Waals surface area (Å²) in [6, 6.07) is 5.25. The lowest BCUT2D eigenvalue weighted by molar-refractivity contribution is -0.119. The van der Waals surface area contributed by atoms with E-state index in [1.54, 1.807) is 18.3 Å². The molecule has 26 heavy (non-hydrogen) atoms. The Labute approximate surface area is 157 Å². The maximum absolute atomic E-state index is 13.0. The number of nitrogens with zero attached hydrogens (tertiary/aromatic N) is 2. The van der Waals surface area contributed by atoms with Gasteiger partial charge < -0.3 is 5.32 Å². The Morgan fingerprint density at radius 2 is 2.12 bits per heavy atom. The molecule has 2 atom stereocenters. The summed E-state index contributed by atoms with van der Waals surface area (Å²) in [6.45, 7) is 3.53. The number of pyridine rings is 1. The zero-order valence-corrected chi connectivity index (χ0v) is 15.5. The third-order valence-corrected chi connectivity index (χ3v) is 5.54. The molecule has 1 aromatic heterocycles. The number of carbonyl (C=O) groups excluding carboxylic acids is 2. The van der Waals surface area contributed by atoms with E-state index in [9.17, 15) is 9.59 Å². The number of anilines is 1. The fraction of sp³-hybridized carbons (Fsp3) is 0.350. The van der Waals surface area contributed by atoms with Gasteiger partial charge in [0.2, 0.25) is 5.91 Å². The van der Waals surface area contributed by atoms with Crippen molar-refractivity contribution < 1.29 is 9.59 Å². The van der Waals surface area contributed by atoms with Gasteiger partial charge in [0.15, 0.2) is 0 Å². The molecule has 0 spiro atoms. The summed E-state index contributed by atoms with van der Waals surface area (Å²) in [5, 5.41) is 3.63. The second-order valence-corrected chi connectivity index (χ2v) is 7.39. The largest absolute Gasteiger partial charge is 0.349 e. The Kier molecular flexibility index (Phi) is 4.19. The van der Waals surface area contributed by atoms with E-state index < -0.39 is 0 Å². The maximum atomic E-state index is 13.0. The molecule has 1 aromatic carbocycles. The van der Waals surface area contributed by atoms with Gasteiger partial charge in [-0.1, -0.05) is 11.6 Å². The van der Waals surface area contributed by atoms with Crippen LogP contribution in [0.4, 0.5) is 5.69 Å². The van der Waals surface area contributed by atoms with Crippen LogP contribution in [0.15, 0.2) is 30.6 Å². The summed E-state index contributed by atoms with van der Waals surface area (Å²) < 4.78 is 0. The molecule has 2 amide bonds. The standard InChI is InChI=1S/C20H20ClN3O2/c1-11-16-8-13(21)6-7-15(16)20(26)24(11)19-10-22-9-17-14(19)4-3-5-18(17)23-12(2)25/h6-11,18H,3-5H2,1-2H3,(H,23,25)/t11-,18-/m0/s1. The van der Waals surface area contributed by atoms with Gasteiger partial charge in [-0.3, -0.25) is 19.5 Å². The monoisotopic (exact) mass is 369 g/mol. The highest BCUT2D eigenvalue weighted by Crippen LogP contribution is 2.42. The van der Waals surface area contributed by atoms with E-state index in [2.05, 4.69) is 10.3 Å². The first-order valence-corrected chi connectivity index (χ1v) is 9.22. The van der Waals surface area contributed by atoms with Crippen LogP contribution in [0.1, 0.15) is 65.8 Å². The van der Waals surface area contributed by atoms with E-state index in [-0.39, 0.29) is 23.9 Å². The van der Waals surface area contributed by atoms with Crippen LogP contribution in [0.5, 0.6) is 0 Å². The number of hydrogen-bond acceptors (Lipinski definition) is 3. The minimum absolute atomic E-state index is 0.0268. The van der Waals surface area contributed by atoms with Gasteiger partial charge in [0.05, 0.1) is 24.0 Å². The molecule has 1 aliphatic heterocycles. The first-order chi connectivity index (χ1) is 12.5. The lowest BCUT2D eigenvalue weighted by Gasteiger charge is -2.31. The summed E-state index contributed by atoms with van der Waals surface area (Å²) in [5.74, 6) is -0.0815. The van der Waals surface area contributed by atoms with E-state index in [4.69, 9.17) is 11.6 Å². The first kappa shape index (κ1) is 17.0. The van der Waals surface area contributed by atoms with Crippen molar-refractivity contribution in [2.24, 2.45) is 0 Å². The molecule has 6 heteroatoms. The van der Waals surface area contributed by atoms with Crippen molar-refractivity contribution in [2.45, 2.75) is 45.2 Å². The number of nitrogens with one attached hydrogen (secondary N) is 1. The van der Waals surface area contributed by atoms with E-state index in [0.717, 1.165) is 41.6 Å². The second kappa shape index (κ2) is 6.40. The predicted octanol–water partition coefficient (Wildman–Crippen LogP) is 3.97. The molecule has 0 saturated carbocycles. The third-order valence-electron chi connectivity index (χ3n) is 5.30. The topological polar surface area (TPSA) is 62.3 Å². The van der Waals surface area contributed by atoms with Crippen molar-refractivity contribution in [3.63, 3.8) is 0 Å². The van der Waals surface area contributed by atoms with Crippen molar-refractivity contribution in [3.8, 4) is 0 Å². The summed E-state index contributed by atoms with van der Waals surface area (Å²) >= 11 is 6.13. The first-order valence-electron chi connectivity index (χ1n) is 8.84. The van der Waals surface area contributed by atoms with Crippen LogP contribution in [-0.4, -0.2) is 16.8 Å². The van der Waals surface area contributed by atoms with Gasteiger partial charge in [-0.25, -0.2) is 0 Å². The second-order valence-electron chi connectivity index (χ2n) is 6.95. The van der Waals surface area contributed by atoms with E-state index in [1.165, 1.54) is 6.92 Å². The summed E-state index contributed by atoms with van der Waals surface area (Å²) in [5.41, 5.74) is 4.58. The molecule has 2 aliphatic rings. The fourth-order valence-corrected chi connectivity index (χ4v) is 4.32. The van der Waals surface area contributed by atoms with Gasteiger partial charge >= 0.3 is 0 Å². The van der Waals surface area contributed by atoms with Crippen LogP contribution in [0.25, 0.3) is 0 Å². The van der Waals surface area contributed by atoms with Crippen molar-refractivity contribution in [1.29, 1.82) is 0 Å². The van der Waals surface area contributed by atoms with E-state index in [0.29, 0.717) is 10.6 Å². The molecule has 2 aromatic rings. The Bertz CT molecular complexity index is 912. The lowest BCUT2D eigenvalue weighted by atomic mass is 9.87. The van der Waals surface area contributed by atoms with Crippen molar-refractivity contribution in [1.82, 2.24) is 10.3 Å². The Balaban J connectivity index is 1.78. The average molecular weight is 370 g/mol. The average Bonchev–Trinajstić information content (AvgIpc) is 2.85. The molecule has 1 N–H and O–H groups in total. The van der Waals surface area contributed by atoms with Gasteiger partial charge in [0.25, 0.3) is 5.91 Å². The zero-order valence-electron chi connectivity index (χ0n) is 14.8. The minimum atomic E-state index is -0.106. The Morgan fingerprint density at radius 1 is 1.31 bits per heavy atom. The number of aromatic nitrogens is 1. The smallest absolute Gasteiger partial charge is 0.259 e. The predicted molar refractivity (Wildman–Crippen MR) is 100 cm³/mol. The number of rotatable bonds is 2. The summed E-state index contributed by atoms with van der Waals surface area (Å²) in [6.07, 6.45) is 6.29. The normalized spacial score (nSPS) is 21.3. The van der Waals surface area contributed by atoms with Gasteiger partial charge in [0.1, 0.15) is 0 Å². The number of halogens is 1. The van der Waals surface area contributed by atoms with E-state index >= 15 is 0 Å². The van der Waals surface area contributed by atoms with Crippen LogP contribution < -0.4 is 10.2 Å². The summed E-state index contributed by atoms with van der Waals surface area (Å²) in [7, 11) is 0. The van der Waals surface area contributed by atoms with Crippen LogP contribution in [-0.2, 0) is 11.2 Å². The van der Waals surface area contributed by atoms with Crippen molar-refractivity contribution in [3.05, 3.63) is 57.9 Å². The highest BCUT2D eigenvalue weighted by molar-refractivity contribution is 6.31. The van der Waals surface area contributed by atoms with Crippen molar-refractivity contribution >= 4 is 29.1 Å². The van der Waals surface area contributed by atoms with Crippen LogP contribution in [0.3, 0.4) is 0 Å². The number of carbonyl (C=O) groups is 2. The van der Waals surface area contributed by atoms with Gasteiger partial charge in [-0.2, -0.15) is 0 Å². The zero-order chi connectivity index (χ0) is 18.4. The molecule has 2 heterocycles. The van der Waals surface area contributed by atoms with Gasteiger partial charge in [-0.05, 0) is 61.1 Å². The third kappa shape index (κ3) is 2.67. The lowest BCUT2D eigenvalue weighted by Crippen LogP contribution is -2.32. The maximum Gasteiger partial charge on any atom is 0.259 e. The fourth-order valence-electron chi connectivity index (χ4n) is 4.14. The number of benzene rings is 1. The van der Waals surface area contributed by atoms with Crippen LogP contribution >= 0.6 is 11.6 Å². The number of amides is 2. The van der Waals surface area contributed by atoms with Crippen LogP contribution in [0.2, 0.25) is 5.02 Å². The molecule has 1 aliphatic carbocycles. The Hall–Kier alpha value is -2.40. The molecule has 0 unspecified atom stereocenters.